The Morgan fingerprint density at radius 1 is 1.50 bits per heavy atom. The molecule has 1 saturated carbocycles. The molecule has 0 unspecified atom stereocenters. The van der Waals surface area contributed by atoms with E-state index in [1.54, 1.807) is 13.0 Å². The highest BCUT2D eigenvalue weighted by molar-refractivity contribution is 6.31. The minimum Gasteiger partial charge on any atom is -0.465 e. The number of carbonyl (C=O) groups is 1. The maximum absolute atomic E-state index is 11.4. The lowest BCUT2D eigenvalue weighted by atomic mass is 10.0. The van der Waals surface area contributed by atoms with Crippen LogP contribution in [0.4, 0.5) is 4.79 Å². The molecule has 0 aliphatic heterocycles. The molecule has 1 amide bonds. The zero-order valence-electron chi connectivity index (χ0n) is 10.1. The molecular formula is C13H16ClNO3. The summed E-state index contributed by atoms with van der Waals surface area (Å²) in [4.78, 5) is 12.7. The Labute approximate surface area is 111 Å². The van der Waals surface area contributed by atoms with Crippen LogP contribution in [0.2, 0.25) is 5.02 Å². The van der Waals surface area contributed by atoms with Crippen LogP contribution in [0.5, 0.6) is 0 Å². The maximum Gasteiger partial charge on any atom is 0.408 e. The van der Waals surface area contributed by atoms with Crippen molar-refractivity contribution in [3.05, 3.63) is 34.9 Å². The summed E-state index contributed by atoms with van der Waals surface area (Å²) >= 11 is 6.15. The summed E-state index contributed by atoms with van der Waals surface area (Å²) in [6.45, 7) is 1.68. The first-order valence-corrected chi connectivity index (χ1v) is 6.29. The number of halogens is 1. The van der Waals surface area contributed by atoms with Crippen LogP contribution in [0.15, 0.2) is 24.3 Å². The molecule has 0 heterocycles. The van der Waals surface area contributed by atoms with Gasteiger partial charge in [0, 0.05) is 5.02 Å². The molecule has 5 heteroatoms. The summed E-state index contributed by atoms with van der Waals surface area (Å²) in [5, 5.41) is 19.3. The first kappa shape index (κ1) is 13.2. The minimum atomic E-state index is -1.02. The van der Waals surface area contributed by atoms with E-state index in [4.69, 9.17) is 11.6 Å². The van der Waals surface area contributed by atoms with Crippen LogP contribution in [-0.4, -0.2) is 33.9 Å². The summed E-state index contributed by atoms with van der Waals surface area (Å²) < 4.78 is 0. The molecule has 18 heavy (non-hydrogen) atoms. The van der Waals surface area contributed by atoms with Crippen molar-refractivity contribution in [2.24, 2.45) is 0 Å². The molecular weight excluding hydrogens is 254 g/mol. The van der Waals surface area contributed by atoms with E-state index in [1.165, 1.54) is 4.90 Å². The molecule has 0 radical (unpaired) electrons. The largest absolute Gasteiger partial charge is 0.465 e. The van der Waals surface area contributed by atoms with Gasteiger partial charge in [0.2, 0.25) is 0 Å². The second kappa shape index (κ2) is 4.78. The molecule has 0 aromatic heterocycles. The molecule has 1 aromatic rings. The number of nitrogens with zero attached hydrogens (tertiary/aromatic N) is 1. The number of hydrogen-bond donors (Lipinski definition) is 2. The fourth-order valence-corrected chi connectivity index (χ4v) is 2.65. The molecule has 1 aliphatic carbocycles. The normalized spacial score (nSPS) is 18.2. The lowest BCUT2D eigenvalue weighted by Crippen LogP contribution is -2.43. The lowest BCUT2D eigenvalue weighted by molar-refractivity contribution is 0.0758. The quantitative estimate of drug-likeness (QED) is 0.883. The molecule has 1 fully saturated rings. The zero-order chi connectivity index (χ0) is 13.3. The van der Waals surface area contributed by atoms with Gasteiger partial charge in [0.25, 0.3) is 0 Å². The van der Waals surface area contributed by atoms with Gasteiger partial charge >= 0.3 is 6.09 Å². The third-order valence-electron chi connectivity index (χ3n) is 3.29. The smallest absolute Gasteiger partial charge is 0.408 e. The fourth-order valence-electron chi connectivity index (χ4n) is 2.34. The zero-order valence-corrected chi connectivity index (χ0v) is 10.9. The Morgan fingerprint density at radius 2 is 2.11 bits per heavy atom. The van der Waals surface area contributed by atoms with Gasteiger partial charge < -0.3 is 10.2 Å². The first-order chi connectivity index (χ1) is 8.47. The minimum absolute atomic E-state index is 0.0978. The van der Waals surface area contributed by atoms with E-state index < -0.39 is 17.7 Å². The van der Waals surface area contributed by atoms with Crippen LogP contribution in [0, 0.1) is 0 Å². The molecule has 4 nitrogen and oxygen atoms in total. The highest BCUT2D eigenvalue weighted by Gasteiger charge is 2.52. The monoisotopic (exact) mass is 269 g/mol. The number of carboxylic acid groups (broad SMARTS) is 1. The predicted molar refractivity (Wildman–Crippen MR) is 68.8 cm³/mol. The molecule has 0 bridgehead atoms. The van der Waals surface area contributed by atoms with Gasteiger partial charge in [-0.2, -0.15) is 0 Å². The number of hydrogen-bond acceptors (Lipinski definition) is 2. The van der Waals surface area contributed by atoms with Crippen molar-refractivity contribution >= 4 is 17.7 Å². The van der Waals surface area contributed by atoms with Crippen LogP contribution in [0.1, 0.15) is 25.3 Å². The summed E-state index contributed by atoms with van der Waals surface area (Å²) in [6, 6.07) is 7.29. The van der Waals surface area contributed by atoms with Crippen molar-refractivity contribution in [3.8, 4) is 0 Å². The number of aliphatic hydroxyl groups excluding tert-OH is 1. The second-order valence-electron chi connectivity index (χ2n) is 4.75. The molecule has 1 aromatic carbocycles. The third kappa shape index (κ3) is 2.31. The Bertz CT molecular complexity index is 457. The van der Waals surface area contributed by atoms with Gasteiger partial charge in [0.05, 0.1) is 18.2 Å². The average molecular weight is 270 g/mol. The molecule has 0 spiro atoms. The van der Waals surface area contributed by atoms with Gasteiger partial charge in [-0.05, 0) is 31.4 Å². The van der Waals surface area contributed by atoms with E-state index >= 15 is 0 Å². The van der Waals surface area contributed by atoms with Crippen LogP contribution in [-0.2, 0) is 5.54 Å². The summed E-state index contributed by atoms with van der Waals surface area (Å²) in [5.41, 5.74) is 0.274. The van der Waals surface area contributed by atoms with E-state index in [1.807, 2.05) is 18.2 Å². The Kier molecular flexibility index (Phi) is 3.50. The van der Waals surface area contributed by atoms with Gasteiger partial charge in [-0.1, -0.05) is 29.8 Å². The van der Waals surface area contributed by atoms with E-state index in [2.05, 4.69) is 0 Å². The summed E-state index contributed by atoms with van der Waals surface area (Å²) in [7, 11) is 0. The number of benzene rings is 1. The van der Waals surface area contributed by atoms with Gasteiger partial charge in [-0.15, -0.1) is 0 Å². The Hall–Kier alpha value is -1.26. The maximum atomic E-state index is 11.4. The summed E-state index contributed by atoms with van der Waals surface area (Å²) in [5.74, 6) is 0. The fraction of sp³-hybridized carbons (Fsp3) is 0.462. The van der Waals surface area contributed by atoms with Crippen molar-refractivity contribution in [1.29, 1.82) is 0 Å². The van der Waals surface area contributed by atoms with Crippen molar-refractivity contribution in [1.82, 2.24) is 4.90 Å². The van der Waals surface area contributed by atoms with Crippen molar-refractivity contribution in [3.63, 3.8) is 0 Å². The van der Waals surface area contributed by atoms with Gasteiger partial charge in [-0.3, -0.25) is 4.90 Å². The average Bonchev–Trinajstić information content (AvgIpc) is 3.07. The number of rotatable bonds is 4. The highest BCUT2D eigenvalue weighted by Crippen LogP contribution is 2.53. The van der Waals surface area contributed by atoms with E-state index in [-0.39, 0.29) is 6.54 Å². The highest BCUT2D eigenvalue weighted by atomic mass is 35.5. The van der Waals surface area contributed by atoms with Crippen LogP contribution >= 0.6 is 11.6 Å². The Balaban J connectivity index is 2.35. The van der Waals surface area contributed by atoms with Gasteiger partial charge in [0.15, 0.2) is 0 Å². The van der Waals surface area contributed by atoms with E-state index in [9.17, 15) is 15.0 Å². The molecule has 98 valence electrons. The predicted octanol–water partition coefficient (Wildman–Crippen LogP) is 2.69. The first-order valence-electron chi connectivity index (χ1n) is 5.91. The standard InChI is InChI=1S/C13H16ClNO3/c1-9(16)8-15(12(17)18)13(6-7-13)10-4-2-3-5-11(10)14/h2-5,9,16H,6-8H2,1H3,(H,17,18)/t9-/m0/s1. The molecule has 2 rings (SSSR count). The lowest BCUT2D eigenvalue weighted by Gasteiger charge is -2.31. The van der Waals surface area contributed by atoms with E-state index in [0.29, 0.717) is 5.02 Å². The molecule has 0 saturated heterocycles. The molecule has 1 atom stereocenters. The van der Waals surface area contributed by atoms with E-state index in [0.717, 1.165) is 18.4 Å². The second-order valence-corrected chi connectivity index (χ2v) is 5.16. The van der Waals surface area contributed by atoms with Crippen molar-refractivity contribution in [2.45, 2.75) is 31.4 Å². The van der Waals surface area contributed by atoms with Crippen molar-refractivity contribution < 1.29 is 15.0 Å². The number of aliphatic hydroxyl groups is 1. The van der Waals surface area contributed by atoms with Crippen LogP contribution in [0.3, 0.4) is 0 Å². The molecule has 1 aliphatic rings. The van der Waals surface area contributed by atoms with Gasteiger partial charge in [-0.25, -0.2) is 4.79 Å². The molecule has 2 N–H and O–H groups in total. The van der Waals surface area contributed by atoms with Crippen molar-refractivity contribution in [2.75, 3.05) is 6.54 Å². The Morgan fingerprint density at radius 3 is 2.56 bits per heavy atom. The van der Waals surface area contributed by atoms with Gasteiger partial charge in [0.1, 0.15) is 0 Å². The SMILES string of the molecule is C[C@H](O)CN(C(=O)O)C1(c2ccccc2Cl)CC1. The van der Waals surface area contributed by atoms with Crippen LogP contribution in [0.25, 0.3) is 0 Å². The topological polar surface area (TPSA) is 60.8 Å². The third-order valence-corrected chi connectivity index (χ3v) is 3.62. The van der Waals surface area contributed by atoms with Crippen LogP contribution < -0.4 is 0 Å². The number of amides is 1. The summed E-state index contributed by atoms with van der Waals surface area (Å²) in [6.07, 6.45) is -0.222.